The molecule has 1 fully saturated rings. The number of aromatic nitrogens is 1. The first-order chi connectivity index (χ1) is 5.88. The Morgan fingerprint density at radius 3 is 3.08 bits per heavy atom. The van der Waals surface area contributed by atoms with Crippen LogP contribution in [0.25, 0.3) is 0 Å². The summed E-state index contributed by atoms with van der Waals surface area (Å²) in [6.45, 7) is 2.18. The molecule has 1 aromatic heterocycles. The van der Waals surface area contributed by atoms with E-state index in [1.165, 1.54) is 12.0 Å². The van der Waals surface area contributed by atoms with Crippen molar-refractivity contribution in [3.8, 4) is 0 Å². The molecule has 1 saturated heterocycles. The molecule has 0 spiro atoms. The van der Waals surface area contributed by atoms with Gasteiger partial charge in [-0.15, -0.1) is 0 Å². The Bertz CT molecular complexity index is 224. The smallest absolute Gasteiger partial charge is 0.0351 e. The lowest BCUT2D eigenvalue weighted by atomic mass is 9.95. The number of hydrogen-bond acceptors (Lipinski definition) is 2. The molecule has 0 aliphatic carbocycles. The number of hydrogen-bond donors (Lipinski definition) is 3. The van der Waals surface area contributed by atoms with Crippen LogP contribution in [0.2, 0.25) is 0 Å². The highest BCUT2D eigenvalue weighted by atomic mass is 14.9. The highest BCUT2D eigenvalue weighted by Crippen LogP contribution is 2.23. The van der Waals surface area contributed by atoms with Crippen molar-refractivity contribution in [1.82, 2.24) is 10.3 Å². The van der Waals surface area contributed by atoms with E-state index in [-0.39, 0.29) is 6.04 Å². The summed E-state index contributed by atoms with van der Waals surface area (Å²) in [6.07, 6.45) is 5.12. The lowest BCUT2D eigenvalue weighted by molar-refractivity contribution is 0.470. The zero-order chi connectivity index (χ0) is 8.39. The summed E-state index contributed by atoms with van der Waals surface area (Å²) in [5, 5.41) is 3.32. The van der Waals surface area contributed by atoms with Gasteiger partial charge in [-0.2, -0.15) is 0 Å². The van der Waals surface area contributed by atoms with Crippen LogP contribution in [0.3, 0.4) is 0 Å². The van der Waals surface area contributed by atoms with Crippen LogP contribution >= 0.6 is 0 Å². The lowest BCUT2D eigenvalue weighted by Crippen LogP contribution is -2.22. The molecule has 2 rings (SSSR count). The summed E-state index contributed by atoms with van der Waals surface area (Å²) in [5.41, 5.74) is 7.31. The van der Waals surface area contributed by atoms with Crippen molar-refractivity contribution in [1.29, 1.82) is 0 Å². The van der Waals surface area contributed by atoms with Gasteiger partial charge in [-0.25, -0.2) is 0 Å². The molecule has 0 aromatic carbocycles. The van der Waals surface area contributed by atoms with Gasteiger partial charge < -0.3 is 16.0 Å². The molecular weight excluding hydrogens is 150 g/mol. The van der Waals surface area contributed by atoms with Crippen LogP contribution in [0.4, 0.5) is 0 Å². The fraction of sp³-hybridized carbons (Fsp3) is 0.556. The second-order valence-electron chi connectivity index (χ2n) is 3.42. The van der Waals surface area contributed by atoms with Crippen molar-refractivity contribution in [2.24, 2.45) is 11.7 Å². The Morgan fingerprint density at radius 1 is 1.58 bits per heavy atom. The maximum atomic E-state index is 6.08. The molecule has 2 heterocycles. The number of H-pyrrole nitrogens is 1. The van der Waals surface area contributed by atoms with E-state index in [1.54, 1.807) is 0 Å². The Morgan fingerprint density at radius 2 is 2.50 bits per heavy atom. The van der Waals surface area contributed by atoms with Crippen LogP contribution in [0.15, 0.2) is 18.5 Å². The summed E-state index contributed by atoms with van der Waals surface area (Å²) < 4.78 is 0. The fourth-order valence-corrected chi connectivity index (χ4v) is 1.80. The predicted molar refractivity (Wildman–Crippen MR) is 48.7 cm³/mol. The minimum absolute atomic E-state index is 0.200. The van der Waals surface area contributed by atoms with Crippen molar-refractivity contribution in [3.63, 3.8) is 0 Å². The molecule has 66 valence electrons. The van der Waals surface area contributed by atoms with Crippen molar-refractivity contribution in [3.05, 3.63) is 24.0 Å². The molecular formula is C9H15N3. The molecule has 1 aromatic rings. The van der Waals surface area contributed by atoms with Crippen LogP contribution < -0.4 is 11.1 Å². The Labute approximate surface area is 72.3 Å². The minimum atomic E-state index is 0.200. The Kier molecular flexibility index (Phi) is 2.15. The van der Waals surface area contributed by atoms with Crippen LogP contribution in [-0.2, 0) is 0 Å². The van der Waals surface area contributed by atoms with Crippen molar-refractivity contribution < 1.29 is 0 Å². The highest BCUT2D eigenvalue weighted by Gasteiger charge is 2.22. The standard InChI is InChI=1S/C9H15N3/c10-9(7-1-3-11-5-7)8-2-4-12-6-8/h1,3,5,8-9,11-12H,2,4,6,10H2. The van der Waals surface area contributed by atoms with Crippen LogP contribution in [0, 0.1) is 5.92 Å². The van der Waals surface area contributed by atoms with E-state index in [1.807, 2.05) is 12.4 Å². The number of nitrogens with one attached hydrogen (secondary N) is 2. The van der Waals surface area contributed by atoms with E-state index < -0.39 is 0 Å². The van der Waals surface area contributed by atoms with Crippen LogP contribution in [0.1, 0.15) is 18.0 Å². The normalized spacial score (nSPS) is 25.9. The number of rotatable bonds is 2. The SMILES string of the molecule is NC(c1cc[nH]c1)C1CCNC1. The fourth-order valence-electron chi connectivity index (χ4n) is 1.80. The number of nitrogens with two attached hydrogens (primary N) is 1. The van der Waals surface area contributed by atoms with Crippen molar-refractivity contribution in [2.75, 3.05) is 13.1 Å². The molecule has 4 N–H and O–H groups in total. The van der Waals surface area contributed by atoms with Gasteiger partial charge in [-0.1, -0.05) is 0 Å². The first-order valence-electron chi connectivity index (χ1n) is 4.47. The molecule has 12 heavy (non-hydrogen) atoms. The first kappa shape index (κ1) is 7.83. The third kappa shape index (κ3) is 1.38. The second-order valence-corrected chi connectivity index (χ2v) is 3.42. The molecule has 3 heteroatoms. The summed E-state index contributed by atoms with van der Waals surface area (Å²) in [7, 11) is 0. The quantitative estimate of drug-likeness (QED) is 0.602. The van der Waals surface area contributed by atoms with Gasteiger partial charge in [0.05, 0.1) is 0 Å². The molecule has 0 amide bonds. The zero-order valence-electron chi connectivity index (χ0n) is 7.09. The molecule has 0 bridgehead atoms. The van der Waals surface area contributed by atoms with E-state index in [0.717, 1.165) is 13.1 Å². The zero-order valence-corrected chi connectivity index (χ0v) is 7.09. The number of aromatic amines is 1. The van der Waals surface area contributed by atoms with Gasteiger partial charge in [0.15, 0.2) is 0 Å². The third-order valence-corrected chi connectivity index (χ3v) is 2.61. The first-order valence-corrected chi connectivity index (χ1v) is 4.47. The third-order valence-electron chi connectivity index (χ3n) is 2.61. The van der Waals surface area contributed by atoms with Crippen molar-refractivity contribution in [2.45, 2.75) is 12.5 Å². The Balaban J connectivity index is 2.04. The monoisotopic (exact) mass is 165 g/mol. The van der Waals surface area contributed by atoms with Gasteiger partial charge in [0.25, 0.3) is 0 Å². The van der Waals surface area contributed by atoms with Gasteiger partial charge >= 0.3 is 0 Å². The molecule has 2 unspecified atom stereocenters. The average Bonchev–Trinajstić information content (AvgIpc) is 2.77. The van der Waals surface area contributed by atoms with E-state index in [9.17, 15) is 0 Å². The molecule has 2 atom stereocenters. The van der Waals surface area contributed by atoms with Gasteiger partial charge in [-0.05, 0) is 37.1 Å². The molecule has 0 radical (unpaired) electrons. The Hall–Kier alpha value is -0.800. The maximum absolute atomic E-state index is 6.08. The van der Waals surface area contributed by atoms with Gasteiger partial charge in [0.1, 0.15) is 0 Å². The average molecular weight is 165 g/mol. The van der Waals surface area contributed by atoms with Crippen LogP contribution in [-0.4, -0.2) is 18.1 Å². The molecule has 0 saturated carbocycles. The molecule has 3 nitrogen and oxygen atoms in total. The van der Waals surface area contributed by atoms with Gasteiger partial charge in [0, 0.05) is 18.4 Å². The minimum Gasteiger partial charge on any atom is -0.367 e. The summed E-state index contributed by atoms with van der Waals surface area (Å²) >= 11 is 0. The van der Waals surface area contributed by atoms with E-state index in [2.05, 4.69) is 16.4 Å². The van der Waals surface area contributed by atoms with E-state index in [4.69, 9.17) is 5.73 Å². The van der Waals surface area contributed by atoms with E-state index >= 15 is 0 Å². The molecule has 1 aliphatic rings. The second kappa shape index (κ2) is 3.29. The summed E-state index contributed by atoms with van der Waals surface area (Å²) in [6, 6.07) is 2.26. The molecule has 1 aliphatic heterocycles. The topological polar surface area (TPSA) is 53.8 Å². The summed E-state index contributed by atoms with van der Waals surface area (Å²) in [4.78, 5) is 3.03. The van der Waals surface area contributed by atoms with E-state index in [0.29, 0.717) is 5.92 Å². The van der Waals surface area contributed by atoms with Gasteiger partial charge in [-0.3, -0.25) is 0 Å². The van der Waals surface area contributed by atoms with Crippen LogP contribution in [0.5, 0.6) is 0 Å². The van der Waals surface area contributed by atoms with Gasteiger partial charge in [0.2, 0.25) is 0 Å². The summed E-state index contributed by atoms with van der Waals surface area (Å²) in [5.74, 6) is 0.612. The predicted octanol–water partition coefficient (Wildman–Crippen LogP) is 0.624. The maximum Gasteiger partial charge on any atom is 0.0351 e. The largest absolute Gasteiger partial charge is 0.367 e. The lowest BCUT2D eigenvalue weighted by Gasteiger charge is -2.16. The highest BCUT2D eigenvalue weighted by molar-refractivity contribution is 5.14. The van der Waals surface area contributed by atoms with Crippen molar-refractivity contribution >= 4 is 0 Å².